The van der Waals surface area contributed by atoms with Gasteiger partial charge in [-0.25, -0.2) is 14.4 Å². The van der Waals surface area contributed by atoms with Crippen molar-refractivity contribution in [3.8, 4) is 0 Å². The smallest absolute Gasteiger partial charge is 0.326 e. The molecule has 1 aliphatic carbocycles. The molecule has 2 aromatic carbocycles. The van der Waals surface area contributed by atoms with Crippen LogP contribution < -0.4 is 32.3 Å². The first-order chi connectivity index (χ1) is 23.4. The molecular weight excluding hydrogens is 636 g/mol. The van der Waals surface area contributed by atoms with Crippen LogP contribution in [0.15, 0.2) is 36.4 Å². The van der Waals surface area contributed by atoms with E-state index in [-0.39, 0.29) is 50.0 Å². The molecule has 2 aromatic rings. The molecule has 15 heteroatoms. The molecule has 1 aliphatic rings. The van der Waals surface area contributed by atoms with Gasteiger partial charge in [0.05, 0.1) is 0 Å². The van der Waals surface area contributed by atoms with Crippen LogP contribution in [0, 0.1) is 11.8 Å². The quantitative estimate of drug-likeness (QED) is 0.0969. The van der Waals surface area contributed by atoms with Crippen molar-refractivity contribution in [3.63, 3.8) is 0 Å². The van der Waals surface area contributed by atoms with Gasteiger partial charge in [0.25, 0.3) is 0 Å². The number of rotatable bonds is 19. The molecule has 0 saturated heterocycles. The number of anilines is 1. The normalized spacial score (nSPS) is 17.6. The van der Waals surface area contributed by atoms with E-state index >= 15 is 0 Å². The molecule has 268 valence electrons. The highest BCUT2D eigenvalue weighted by molar-refractivity contribution is 5.95. The van der Waals surface area contributed by atoms with Crippen molar-refractivity contribution in [2.75, 3.05) is 25.5 Å². The zero-order valence-corrected chi connectivity index (χ0v) is 27.7. The molecule has 3 atom stereocenters. The highest BCUT2D eigenvalue weighted by Gasteiger charge is 2.30. The molecule has 1 fully saturated rings. The van der Waals surface area contributed by atoms with Gasteiger partial charge in [0, 0.05) is 43.4 Å². The van der Waals surface area contributed by atoms with Crippen LogP contribution in [0.1, 0.15) is 63.4 Å². The summed E-state index contributed by atoms with van der Waals surface area (Å²) in [6.07, 6.45) is 3.15. The number of carbonyl (C=O) groups excluding carboxylic acids is 3. The van der Waals surface area contributed by atoms with E-state index in [1.807, 2.05) is 43.4 Å². The van der Waals surface area contributed by atoms with Gasteiger partial charge in [-0.3, -0.25) is 14.4 Å². The van der Waals surface area contributed by atoms with Crippen molar-refractivity contribution in [1.29, 1.82) is 0 Å². The zero-order valence-electron chi connectivity index (χ0n) is 27.7. The summed E-state index contributed by atoms with van der Waals surface area (Å²) in [6.45, 7) is 0.770. The Balaban J connectivity index is 1.59. The van der Waals surface area contributed by atoms with Gasteiger partial charge in [-0.15, -0.1) is 0 Å². The van der Waals surface area contributed by atoms with Gasteiger partial charge in [0.15, 0.2) is 0 Å². The Hall–Kier alpha value is -4.92. The van der Waals surface area contributed by atoms with E-state index in [4.69, 9.17) is 10.8 Å². The molecule has 10 N–H and O–H groups in total. The van der Waals surface area contributed by atoms with Crippen LogP contribution in [0.25, 0.3) is 10.8 Å². The second-order valence-corrected chi connectivity index (χ2v) is 12.5. The van der Waals surface area contributed by atoms with Crippen molar-refractivity contribution in [2.45, 2.75) is 82.3 Å². The van der Waals surface area contributed by atoms with Crippen LogP contribution in [0.5, 0.6) is 0 Å². The molecule has 0 aromatic heterocycles. The fourth-order valence-corrected chi connectivity index (χ4v) is 6.04. The fraction of sp³-hybridized carbons (Fsp3) is 0.529. The number of amides is 4. The zero-order chi connectivity index (χ0) is 35.9. The Kier molecular flexibility index (Phi) is 15.1. The molecule has 15 nitrogen and oxygen atoms in total. The summed E-state index contributed by atoms with van der Waals surface area (Å²) < 4.78 is 0. The van der Waals surface area contributed by atoms with E-state index < -0.39 is 48.5 Å². The van der Waals surface area contributed by atoms with Gasteiger partial charge < -0.3 is 47.6 Å². The molecule has 3 rings (SSSR count). The van der Waals surface area contributed by atoms with Crippen molar-refractivity contribution >= 4 is 52.2 Å². The number of nitrogens with two attached hydrogens (primary N) is 1. The standard InChI is InChI=1S/C34H48N6O9/c1-36-27-17-21(16-23-6-2-3-7-24(23)27)18-28(38-30(43)22-11-9-20(19-35)10-12-22)31(44)37-15-5-4-8-25(32(45)46)39-34(49)40-26(33(47)48)13-14-29(41)42/h2-3,6-7,16-17,20,22,25-26,28,36H,4-5,8-15,18-19,35H2,1H3,(H,37,44)(H,38,43)(H,41,42)(H,45,46)(H,47,48)(H2,39,40,49)/t20?,22?,25-,26-,28+/m0/s1. The van der Waals surface area contributed by atoms with Gasteiger partial charge in [-0.05, 0) is 80.8 Å². The average Bonchev–Trinajstić information content (AvgIpc) is 3.08. The maximum Gasteiger partial charge on any atom is 0.326 e. The molecule has 1 saturated carbocycles. The summed E-state index contributed by atoms with van der Waals surface area (Å²) in [5, 5.41) is 42.9. The van der Waals surface area contributed by atoms with Crippen LogP contribution in [-0.2, 0) is 30.4 Å². The van der Waals surface area contributed by atoms with Gasteiger partial charge in [-0.2, -0.15) is 0 Å². The number of unbranched alkanes of at least 4 members (excludes halogenated alkanes) is 1. The Morgan fingerprint density at radius 2 is 1.49 bits per heavy atom. The Labute approximate surface area is 284 Å². The molecule has 49 heavy (non-hydrogen) atoms. The molecule has 0 spiro atoms. The molecule has 0 unspecified atom stereocenters. The van der Waals surface area contributed by atoms with E-state index in [9.17, 15) is 39.0 Å². The first-order valence-corrected chi connectivity index (χ1v) is 16.6. The molecule has 0 bridgehead atoms. The highest BCUT2D eigenvalue weighted by Crippen LogP contribution is 2.29. The van der Waals surface area contributed by atoms with Crippen molar-refractivity contribution in [3.05, 3.63) is 42.0 Å². The summed E-state index contributed by atoms with van der Waals surface area (Å²) in [5.41, 5.74) is 7.57. The Bertz CT molecular complexity index is 1480. The number of aliphatic carboxylic acids is 3. The number of carboxylic acids is 3. The number of nitrogens with one attached hydrogen (secondary N) is 5. The van der Waals surface area contributed by atoms with Gasteiger partial charge in [0.1, 0.15) is 18.1 Å². The largest absolute Gasteiger partial charge is 0.481 e. The van der Waals surface area contributed by atoms with E-state index in [1.54, 1.807) is 0 Å². The maximum atomic E-state index is 13.5. The lowest BCUT2D eigenvalue weighted by molar-refractivity contribution is -0.141. The minimum Gasteiger partial charge on any atom is -0.481 e. The number of hydrogen-bond donors (Lipinski definition) is 9. The second kappa shape index (κ2) is 19.2. The van der Waals surface area contributed by atoms with E-state index in [2.05, 4.69) is 26.6 Å². The van der Waals surface area contributed by atoms with Crippen molar-refractivity contribution in [1.82, 2.24) is 21.3 Å². The van der Waals surface area contributed by atoms with Crippen LogP contribution >= 0.6 is 0 Å². The Morgan fingerprint density at radius 1 is 0.837 bits per heavy atom. The van der Waals surface area contributed by atoms with Crippen LogP contribution in [0.4, 0.5) is 10.5 Å². The summed E-state index contributed by atoms with van der Waals surface area (Å²) in [6, 6.07) is 7.06. The number of hydrogen-bond acceptors (Lipinski definition) is 8. The lowest BCUT2D eigenvalue weighted by atomic mass is 9.81. The van der Waals surface area contributed by atoms with E-state index in [0.29, 0.717) is 31.7 Å². The van der Waals surface area contributed by atoms with Crippen molar-refractivity contribution < 1.29 is 44.1 Å². The maximum absolute atomic E-state index is 13.5. The third-order valence-electron chi connectivity index (χ3n) is 8.89. The Morgan fingerprint density at radius 3 is 2.10 bits per heavy atom. The predicted octanol–water partition coefficient (Wildman–Crippen LogP) is 2.03. The summed E-state index contributed by atoms with van der Waals surface area (Å²) >= 11 is 0. The van der Waals surface area contributed by atoms with Gasteiger partial charge in [-0.1, -0.05) is 30.3 Å². The van der Waals surface area contributed by atoms with Crippen LogP contribution in [0.2, 0.25) is 0 Å². The first kappa shape index (κ1) is 38.5. The summed E-state index contributed by atoms with van der Waals surface area (Å²) in [7, 11) is 1.82. The first-order valence-electron chi connectivity index (χ1n) is 16.6. The van der Waals surface area contributed by atoms with Gasteiger partial charge >= 0.3 is 23.9 Å². The predicted molar refractivity (Wildman–Crippen MR) is 182 cm³/mol. The SMILES string of the molecule is CNc1cc(C[C@@H](NC(=O)C2CCC(CN)CC2)C(=O)NCCCC[C@H](NC(=O)N[C@@H](CCC(=O)O)C(=O)O)C(=O)O)cc2ccccc12. The van der Waals surface area contributed by atoms with E-state index in [0.717, 1.165) is 34.9 Å². The van der Waals surface area contributed by atoms with E-state index in [1.165, 1.54) is 0 Å². The van der Waals surface area contributed by atoms with Crippen molar-refractivity contribution in [2.24, 2.45) is 17.6 Å². The fourth-order valence-electron chi connectivity index (χ4n) is 6.04. The lowest BCUT2D eigenvalue weighted by Gasteiger charge is -2.28. The molecule has 0 heterocycles. The molecular formula is C34H48N6O9. The second-order valence-electron chi connectivity index (χ2n) is 12.5. The van der Waals surface area contributed by atoms with Crippen LogP contribution in [0.3, 0.4) is 0 Å². The molecule has 0 radical (unpaired) electrons. The molecule has 0 aliphatic heterocycles. The molecule has 4 amide bonds. The number of benzene rings is 2. The van der Waals surface area contributed by atoms with Crippen LogP contribution in [-0.4, -0.2) is 89.3 Å². The number of fused-ring (bicyclic) bond motifs is 1. The topological polar surface area (TPSA) is 249 Å². The average molecular weight is 685 g/mol. The lowest BCUT2D eigenvalue weighted by Crippen LogP contribution is -2.51. The third kappa shape index (κ3) is 12.2. The summed E-state index contributed by atoms with van der Waals surface area (Å²) in [4.78, 5) is 72.9. The monoisotopic (exact) mass is 684 g/mol. The minimum absolute atomic E-state index is 0.0129. The number of urea groups is 1. The van der Waals surface area contributed by atoms with Gasteiger partial charge in [0.2, 0.25) is 11.8 Å². The minimum atomic E-state index is -1.51. The number of carbonyl (C=O) groups is 6. The number of carboxylic acid groups (broad SMARTS) is 3. The highest BCUT2D eigenvalue weighted by atomic mass is 16.4. The summed E-state index contributed by atoms with van der Waals surface area (Å²) in [5.74, 6) is -4.38. The third-order valence-corrected chi connectivity index (χ3v) is 8.89.